The Kier molecular flexibility index (Phi) is 3.18. The number of fused-ring (bicyclic) bond motifs is 1. The molecule has 4 heteroatoms. The molecule has 100 valence electrons. The van der Waals surface area contributed by atoms with Crippen LogP contribution in [0, 0.1) is 0 Å². The summed E-state index contributed by atoms with van der Waals surface area (Å²) in [5, 5.41) is 0. The summed E-state index contributed by atoms with van der Waals surface area (Å²) < 4.78 is 0.881. The molecule has 0 fully saturated rings. The molecular weight excluding hydrogens is 318 g/mol. The van der Waals surface area contributed by atoms with Crippen LogP contribution in [-0.4, -0.2) is 11.7 Å². The summed E-state index contributed by atoms with van der Waals surface area (Å²) in [5.41, 5.74) is 2.93. The molecule has 1 amide bonds. The number of benzene rings is 2. The molecule has 1 heterocycles. The van der Waals surface area contributed by atoms with Gasteiger partial charge in [0.25, 0.3) is 5.91 Å². The smallest absolute Gasteiger partial charge is 0.258 e. The number of amides is 1. The van der Waals surface area contributed by atoms with E-state index in [2.05, 4.69) is 15.9 Å². The van der Waals surface area contributed by atoms with Crippen molar-refractivity contribution in [3.05, 3.63) is 63.6 Å². The maximum absolute atomic E-state index is 12.5. The topological polar surface area (TPSA) is 37.4 Å². The molecule has 0 atom stereocenters. The number of halogens is 1. The number of anilines is 1. The molecule has 3 rings (SSSR count). The largest absolute Gasteiger partial charge is 0.303 e. The Morgan fingerprint density at radius 2 is 1.95 bits per heavy atom. The Bertz CT molecular complexity index is 724. The molecular formula is C16H12BrNO2. The Labute approximate surface area is 125 Å². The average Bonchev–Trinajstić information content (AvgIpc) is 2.76. The van der Waals surface area contributed by atoms with E-state index in [0.29, 0.717) is 23.4 Å². The van der Waals surface area contributed by atoms with Gasteiger partial charge in [-0.05, 0) is 36.8 Å². The van der Waals surface area contributed by atoms with Crippen molar-refractivity contribution in [2.24, 2.45) is 0 Å². The van der Waals surface area contributed by atoms with Crippen molar-refractivity contribution in [2.45, 2.75) is 13.5 Å². The summed E-state index contributed by atoms with van der Waals surface area (Å²) in [6.45, 7) is 2.02. The van der Waals surface area contributed by atoms with Crippen LogP contribution in [0.1, 0.15) is 33.2 Å². The molecule has 0 bridgehead atoms. The maximum Gasteiger partial charge on any atom is 0.258 e. The zero-order valence-electron chi connectivity index (χ0n) is 10.9. The van der Waals surface area contributed by atoms with Crippen molar-refractivity contribution < 1.29 is 9.59 Å². The summed E-state index contributed by atoms with van der Waals surface area (Å²) in [4.78, 5) is 25.9. The van der Waals surface area contributed by atoms with Crippen LogP contribution in [0.2, 0.25) is 0 Å². The fraction of sp³-hybridized carbons (Fsp3) is 0.125. The predicted octanol–water partition coefficient (Wildman–Crippen LogP) is 3.81. The van der Waals surface area contributed by atoms with Gasteiger partial charge >= 0.3 is 0 Å². The lowest BCUT2D eigenvalue weighted by Gasteiger charge is -2.18. The number of nitrogens with zero attached hydrogens (tertiary/aromatic N) is 1. The number of para-hydroxylation sites is 1. The minimum atomic E-state index is -0.0602. The fourth-order valence-electron chi connectivity index (χ4n) is 2.47. The van der Waals surface area contributed by atoms with E-state index >= 15 is 0 Å². The second-order valence-corrected chi connectivity index (χ2v) is 5.68. The Hall–Kier alpha value is -1.94. The normalized spacial score (nSPS) is 13.5. The maximum atomic E-state index is 12.5. The molecule has 0 aliphatic carbocycles. The second-order valence-electron chi connectivity index (χ2n) is 4.77. The number of hydrogen-bond acceptors (Lipinski definition) is 2. The van der Waals surface area contributed by atoms with Crippen LogP contribution < -0.4 is 4.90 Å². The SMILES string of the molecule is CC(=O)c1ccccc1N1Cc2ccc(Br)cc2C1=O. The van der Waals surface area contributed by atoms with E-state index < -0.39 is 0 Å². The van der Waals surface area contributed by atoms with Gasteiger partial charge in [0.05, 0.1) is 12.2 Å². The number of hydrogen-bond donors (Lipinski definition) is 0. The first-order valence-electron chi connectivity index (χ1n) is 6.28. The zero-order valence-corrected chi connectivity index (χ0v) is 12.5. The Balaban J connectivity index is 2.07. The molecule has 0 radical (unpaired) electrons. The standard InChI is InChI=1S/C16H12BrNO2/c1-10(19)13-4-2-3-5-15(13)18-9-11-6-7-12(17)8-14(11)16(18)20/h2-8H,9H2,1H3. The molecule has 0 spiro atoms. The molecule has 20 heavy (non-hydrogen) atoms. The lowest BCUT2D eigenvalue weighted by atomic mass is 10.1. The molecule has 0 N–H and O–H groups in total. The van der Waals surface area contributed by atoms with E-state index in [9.17, 15) is 9.59 Å². The predicted molar refractivity (Wildman–Crippen MR) is 81.1 cm³/mol. The summed E-state index contributed by atoms with van der Waals surface area (Å²) in [5.74, 6) is -0.0967. The monoisotopic (exact) mass is 329 g/mol. The van der Waals surface area contributed by atoms with Gasteiger partial charge in [0.2, 0.25) is 0 Å². The highest BCUT2D eigenvalue weighted by Crippen LogP contribution is 2.32. The highest BCUT2D eigenvalue weighted by atomic mass is 79.9. The summed E-state index contributed by atoms with van der Waals surface area (Å²) in [6.07, 6.45) is 0. The molecule has 2 aromatic carbocycles. The number of ketones is 1. The van der Waals surface area contributed by atoms with Crippen LogP contribution in [-0.2, 0) is 6.54 Å². The van der Waals surface area contributed by atoms with Crippen LogP contribution in [0.15, 0.2) is 46.9 Å². The number of Topliss-reactive ketones (excluding diaryl/α,β-unsaturated/α-hetero) is 1. The molecule has 0 saturated carbocycles. The summed E-state index contributed by atoms with van der Waals surface area (Å²) >= 11 is 3.38. The third kappa shape index (κ3) is 2.06. The average molecular weight is 330 g/mol. The molecule has 0 unspecified atom stereocenters. The van der Waals surface area contributed by atoms with Crippen molar-refractivity contribution in [3.8, 4) is 0 Å². The van der Waals surface area contributed by atoms with E-state index in [1.54, 1.807) is 11.0 Å². The van der Waals surface area contributed by atoms with Crippen LogP contribution in [0.4, 0.5) is 5.69 Å². The van der Waals surface area contributed by atoms with Gasteiger partial charge in [0.1, 0.15) is 0 Å². The zero-order chi connectivity index (χ0) is 14.3. The van der Waals surface area contributed by atoms with Gasteiger partial charge in [0.15, 0.2) is 5.78 Å². The highest BCUT2D eigenvalue weighted by Gasteiger charge is 2.30. The van der Waals surface area contributed by atoms with Crippen molar-refractivity contribution in [1.82, 2.24) is 0 Å². The molecule has 0 aromatic heterocycles. The minimum Gasteiger partial charge on any atom is -0.303 e. The van der Waals surface area contributed by atoms with Crippen molar-refractivity contribution >= 4 is 33.3 Å². The van der Waals surface area contributed by atoms with E-state index in [1.807, 2.05) is 36.4 Å². The third-order valence-corrected chi connectivity index (χ3v) is 3.94. The first kappa shape index (κ1) is 13.1. The van der Waals surface area contributed by atoms with Gasteiger partial charge in [-0.15, -0.1) is 0 Å². The van der Waals surface area contributed by atoms with Crippen molar-refractivity contribution in [3.63, 3.8) is 0 Å². The highest BCUT2D eigenvalue weighted by molar-refractivity contribution is 9.10. The lowest BCUT2D eigenvalue weighted by Crippen LogP contribution is -2.24. The Morgan fingerprint density at radius 3 is 2.70 bits per heavy atom. The molecule has 1 aliphatic rings. The molecule has 3 nitrogen and oxygen atoms in total. The van der Waals surface area contributed by atoms with Crippen molar-refractivity contribution in [1.29, 1.82) is 0 Å². The lowest BCUT2D eigenvalue weighted by molar-refractivity contribution is 0.0996. The van der Waals surface area contributed by atoms with Crippen LogP contribution >= 0.6 is 15.9 Å². The van der Waals surface area contributed by atoms with Crippen molar-refractivity contribution in [2.75, 3.05) is 4.90 Å². The van der Waals surface area contributed by atoms with Crippen LogP contribution in [0.5, 0.6) is 0 Å². The second kappa shape index (κ2) is 4.87. The fourth-order valence-corrected chi connectivity index (χ4v) is 2.84. The number of carbonyl (C=O) groups is 2. The number of rotatable bonds is 2. The van der Waals surface area contributed by atoms with Crippen LogP contribution in [0.3, 0.4) is 0 Å². The first-order valence-corrected chi connectivity index (χ1v) is 7.07. The van der Waals surface area contributed by atoms with Gasteiger partial charge in [0, 0.05) is 15.6 Å². The van der Waals surface area contributed by atoms with Gasteiger partial charge in [-0.2, -0.15) is 0 Å². The molecule has 2 aromatic rings. The van der Waals surface area contributed by atoms with Crippen LogP contribution in [0.25, 0.3) is 0 Å². The van der Waals surface area contributed by atoms with E-state index in [-0.39, 0.29) is 11.7 Å². The quantitative estimate of drug-likeness (QED) is 0.785. The summed E-state index contributed by atoms with van der Waals surface area (Å²) in [7, 11) is 0. The molecule has 1 aliphatic heterocycles. The van der Waals surface area contributed by atoms with E-state index in [1.165, 1.54) is 6.92 Å². The first-order chi connectivity index (χ1) is 9.58. The Morgan fingerprint density at radius 1 is 1.20 bits per heavy atom. The van der Waals surface area contributed by atoms with Gasteiger partial charge in [-0.3, -0.25) is 9.59 Å². The third-order valence-electron chi connectivity index (χ3n) is 3.45. The van der Waals surface area contributed by atoms with E-state index in [4.69, 9.17) is 0 Å². The summed E-state index contributed by atoms with van der Waals surface area (Å²) in [6, 6.07) is 12.9. The van der Waals surface area contributed by atoms with Gasteiger partial charge in [-0.1, -0.05) is 34.1 Å². The number of carbonyl (C=O) groups excluding carboxylic acids is 2. The van der Waals surface area contributed by atoms with E-state index in [0.717, 1.165) is 10.0 Å². The van der Waals surface area contributed by atoms with Gasteiger partial charge in [-0.25, -0.2) is 0 Å². The molecule has 0 saturated heterocycles. The van der Waals surface area contributed by atoms with Gasteiger partial charge < -0.3 is 4.90 Å². The minimum absolute atomic E-state index is 0.0365.